The van der Waals surface area contributed by atoms with Gasteiger partial charge in [-0.3, -0.25) is 0 Å². The van der Waals surface area contributed by atoms with E-state index in [1.54, 1.807) is 0 Å². The highest BCUT2D eigenvalue weighted by Gasteiger charge is 2.89. The topological polar surface area (TPSA) is 23.9 Å². The molecule has 0 unspecified atom stereocenters. The van der Waals surface area contributed by atoms with E-state index in [-0.39, 0.29) is 0 Å². The molecule has 0 atom stereocenters. The zero-order valence-corrected chi connectivity index (χ0v) is 6.73. The van der Waals surface area contributed by atoms with Crippen molar-refractivity contribution in [2.24, 2.45) is 5.41 Å². The molecule has 0 radical (unpaired) electrons. The Morgan fingerprint density at radius 1 is 0.933 bits per heavy atom. The minimum absolute atomic E-state index is 1.81. The molecule has 1 aliphatic carbocycles. The number of hydrogen-bond acceptors (Lipinski definition) is 1. The zero-order valence-electron chi connectivity index (χ0n) is 6.73. The van der Waals surface area contributed by atoms with Crippen LogP contribution in [-0.4, -0.2) is 24.0 Å². The Morgan fingerprint density at radius 2 is 1.27 bits per heavy atom. The summed E-state index contributed by atoms with van der Waals surface area (Å²) in [5, 5.41) is 6.38. The Balaban J connectivity index is 3.40. The summed E-state index contributed by atoms with van der Waals surface area (Å²) in [6, 6.07) is 0. The average Bonchev–Trinajstić information content (AvgIpc) is 1.74. The molecule has 0 aliphatic heterocycles. The van der Waals surface area contributed by atoms with Crippen LogP contribution >= 0.6 is 0 Å². The lowest BCUT2D eigenvalue weighted by atomic mass is 9.62. The molecule has 0 amide bonds. The Bertz CT molecular complexity index is 267. The van der Waals surface area contributed by atoms with Gasteiger partial charge in [-0.15, -0.1) is 0 Å². The predicted molar refractivity (Wildman–Crippen MR) is 31.8 cm³/mol. The molecule has 0 spiro atoms. The molecule has 15 heavy (non-hydrogen) atoms. The molecule has 0 aromatic carbocycles. The van der Waals surface area contributed by atoms with Crippen LogP contribution in [-0.2, 0) is 0 Å². The van der Waals surface area contributed by atoms with Crippen LogP contribution in [0.5, 0.6) is 0 Å². The highest BCUT2D eigenvalue weighted by atomic mass is 19.4. The Labute approximate surface area is 77.6 Å². The van der Waals surface area contributed by atoms with Crippen LogP contribution in [0.15, 0.2) is 0 Å². The van der Waals surface area contributed by atoms with Crippen molar-refractivity contribution in [2.75, 3.05) is 0 Å². The Kier molecular flexibility index (Phi) is 2.12. The van der Waals surface area contributed by atoms with Crippen molar-refractivity contribution in [2.45, 2.75) is 24.7 Å². The van der Waals surface area contributed by atoms with Gasteiger partial charge in [0, 0.05) is 5.71 Å². The Morgan fingerprint density at radius 3 is 1.33 bits per heavy atom. The molecule has 1 N–H and O–H groups in total. The number of rotatable bonds is 0. The van der Waals surface area contributed by atoms with E-state index in [9.17, 15) is 35.1 Å². The fourth-order valence-corrected chi connectivity index (χ4v) is 1.52. The summed E-state index contributed by atoms with van der Waals surface area (Å²) >= 11 is 0. The molecule has 0 heterocycles. The first kappa shape index (κ1) is 12.2. The summed E-state index contributed by atoms with van der Waals surface area (Å²) in [6.07, 6.45) is -14.2. The molecule has 1 saturated carbocycles. The van der Waals surface area contributed by atoms with Crippen molar-refractivity contribution in [1.29, 1.82) is 5.41 Å². The van der Waals surface area contributed by atoms with Gasteiger partial charge in [-0.05, 0) is 0 Å². The smallest absolute Gasteiger partial charge is 0.308 e. The standard InChI is InChI=1S/C6H3F8N/c7-3(8)1-2(15)4(3,5(9,10)11)6(12,13)14/h15H,1H2. The van der Waals surface area contributed by atoms with Gasteiger partial charge in [0.25, 0.3) is 11.3 Å². The van der Waals surface area contributed by atoms with E-state index in [1.165, 1.54) is 0 Å². The van der Waals surface area contributed by atoms with Crippen molar-refractivity contribution in [3.63, 3.8) is 0 Å². The van der Waals surface area contributed by atoms with Gasteiger partial charge in [-0.1, -0.05) is 0 Å². The lowest BCUT2D eigenvalue weighted by molar-refractivity contribution is -0.384. The van der Waals surface area contributed by atoms with Crippen LogP contribution in [0.25, 0.3) is 0 Å². The lowest BCUT2D eigenvalue weighted by Gasteiger charge is -2.50. The third-order valence-corrected chi connectivity index (χ3v) is 2.25. The van der Waals surface area contributed by atoms with E-state index in [0.29, 0.717) is 0 Å². The van der Waals surface area contributed by atoms with Gasteiger partial charge in [-0.2, -0.15) is 26.3 Å². The maximum Gasteiger partial charge on any atom is 0.414 e. The van der Waals surface area contributed by atoms with Crippen LogP contribution < -0.4 is 0 Å². The first-order valence-electron chi connectivity index (χ1n) is 3.47. The zero-order chi connectivity index (χ0) is 12.3. The minimum Gasteiger partial charge on any atom is -0.308 e. The first-order chi connectivity index (χ1) is 6.38. The maximum absolute atomic E-state index is 12.5. The van der Waals surface area contributed by atoms with E-state index < -0.39 is 35.8 Å². The summed E-state index contributed by atoms with van der Waals surface area (Å²) in [4.78, 5) is 0. The van der Waals surface area contributed by atoms with E-state index in [4.69, 9.17) is 5.41 Å². The second-order valence-corrected chi connectivity index (χ2v) is 3.11. The molecule has 1 aliphatic rings. The summed E-state index contributed by atoms with van der Waals surface area (Å²) < 4.78 is 97.4. The summed E-state index contributed by atoms with van der Waals surface area (Å²) in [7, 11) is 0. The van der Waals surface area contributed by atoms with Crippen LogP contribution in [0.1, 0.15) is 6.42 Å². The van der Waals surface area contributed by atoms with Crippen molar-refractivity contribution in [3.8, 4) is 0 Å². The molecule has 0 aromatic rings. The van der Waals surface area contributed by atoms with Crippen molar-refractivity contribution in [1.82, 2.24) is 0 Å². The largest absolute Gasteiger partial charge is 0.414 e. The average molecular weight is 241 g/mol. The van der Waals surface area contributed by atoms with Crippen LogP contribution in [0, 0.1) is 10.8 Å². The molecular formula is C6H3F8N. The van der Waals surface area contributed by atoms with Crippen molar-refractivity contribution >= 4 is 5.71 Å². The SMILES string of the molecule is N=C1CC(F)(F)C1(C(F)(F)F)C(F)(F)F. The number of hydrogen-bond donors (Lipinski definition) is 1. The second kappa shape index (κ2) is 2.62. The summed E-state index contributed by atoms with van der Waals surface area (Å²) in [6.45, 7) is 0. The van der Waals surface area contributed by atoms with Gasteiger partial charge in [0.1, 0.15) is 0 Å². The van der Waals surface area contributed by atoms with Gasteiger partial charge < -0.3 is 5.41 Å². The monoisotopic (exact) mass is 241 g/mol. The second-order valence-electron chi connectivity index (χ2n) is 3.11. The fourth-order valence-electron chi connectivity index (χ4n) is 1.52. The first-order valence-corrected chi connectivity index (χ1v) is 3.47. The highest BCUT2D eigenvalue weighted by Crippen LogP contribution is 2.66. The van der Waals surface area contributed by atoms with Crippen molar-refractivity contribution < 1.29 is 35.1 Å². The van der Waals surface area contributed by atoms with E-state index in [2.05, 4.69) is 0 Å². The fraction of sp³-hybridized carbons (Fsp3) is 0.833. The van der Waals surface area contributed by atoms with Gasteiger partial charge in [0.2, 0.25) is 0 Å². The van der Waals surface area contributed by atoms with Gasteiger partial charge in [0.15, 0.2) is 0 Å². The highest BCUT2D eigenvalue weighted by molar-refractivity contribution is 5.97. The van der Waals surface area contributed by atoms with Gasteiger partial charge in [0.05, 0.1) is 6.42 Å². The Hall–Kier alpha value is -0.890. The van der Waals surface area contributed by atoms with Crippen molar-refractivity contribution in [3.05, 3.63) is 0 Å². The number of alkyl halides is 8. The van der Waals surface area contributed by atoms with Gasteiger partial charge >= 0.3 is 12.4 Å². The molecule has 0 saturated heterocycles. The summed E-state index contributed by atoms with van der Waals surface area (Å²) in [5.74, 6) is -5.00. The molecule has 0 aromatic heterocycles. The van der Waals surface area contributed by atoms with Crippen LogP contribution in [0.3, 0.4) is 0 Å². The lowest BCUT2D eigenvalue weighted by Crippen LogP contribution is -2.73. The quantitative estimate of drug-likeness (QED) is 0.630. The van der Waals surface area contributed by atoms with E-state index in [0.717, 1.165) is 0 Å². The molecule has 1 nitrogen and oxygen atoms in total. The third-order valence-electron chi connectivity index (χ3n) is 2.25. The molecule has 1 rings (SSSR count). The minimum atomic E-state index is -6.22. The molecular weight excluding hydrogens is 238 g/mol. The molecule has 1 fully saturated rings. The molecule has 0 bridgehead atoms. The van der Waals surface area contributed by atoms with Crippen LogP contribution in [0.2, 0.25) is 0 Å². The number of halogens is 8. The molecule has 88 valence electrons. The predicted octanol–water partition coefficient (Wildman–Crippen LogP) is 3.16. The van der Waals surface area contributed by atoms with E-state index in [1.807, 2.05) is 0 Å². The number of nitrogens with one attached hydrogen (secondary N) is 1. The van der Waals surface area contributed by atoms with Crippen LogP contribution in [0.4, 0.5) is 35.1 Å². The third kappa shape index (κ3) is 1.18. The summed E-state index contributed by atoms with van der Waals surface area (Å²) in [5.41, 5.74) is -7.35. The van der Waals surface area contributed by atoms with Gasteiger partial charge in [-0.25, -0.2) is 8.78 Å². The molecule has 9 heteroatoms. The van der Waals surface area contributed by atoms with E-state index >= 15 is 0 Å². The maximum atomic E-state index is 12.5. The normalized spacial score (nSPS) is 24.9.